The SMILES string of the molecule is CC(C)c1nc(-c2cccc(NS(=O)(=O)c3c(F)cccc3F)c2)c(-c2ccnc(Nc3cccc(N4CCCN(C)CC4)c3)n2)s1. The van der Waals surface area contributed by atoms with Crippen molar-refractivity contribution in [1.82, 2.24) is 19.9 Å². The standard InChI is InChI=1S/C34H35F2N7O2S2/c1-22(2)33-40-30(23-8-4-10-25(20-23)41-47(44,45)32-27(35)12-6-13-28(32)36)31(46-33)29-14-15-37-34(39-29)38-24-9-5-11-26(21-24)43-17-7-16-42(3)18-19-43/h4-6,8-15,20-22,41H,7,16-19H2,1-3H3,(H,37,38,39). The van der Waals surface area contributed by atoms with Crippen LogP contribution in [0.1, 0.15) is 31.2 Å². The normalized spacial score (nSPS) is 14.3. The second-order valence-corrected chi connectivity index (χ2v) is 14.4. The van der Waals surface area contributed by atoms with Gasteiger partial charge in [-0.3, -0.25) is 4.72 Å². The number of likely N-dealkylation sites (N-methyl/N-ethyl adjacent to an activating group) is 1. The summed E-state index contributed by atoms with van der Waals surface area (Å²) in [5.41, 5.74) is 4.01. The van der Waals surface area contributed by atoms with E-state index in [0.29, 0.717) is 22.9 Å². The lowest BCUT2D eigenvalue weighted by Crippen LogP contribution is -2.28. The van der Waals surface area contributed by atoms with Gasteiger partial charge in [0.15, 0.2) is 4.90 Å². The molecule has 0 spiro atoms. The summed E-state index contributed by atoms with van der Waals surface area (Å²) in [7, 11) is -2.39. The predicted octanol–water partition coefficient (Wildman–Crippen LogP) is 7.36. The third-order valence-corrected chi connectivity index (χ3v) is 10.6. The Kier molecular flexibility index (Phi) is 9.48. The second-order valence-electron chi connectivity index (χ2n) is 11.7. The van der Waals surface area contributed by atoms with E-state index in [4.69, 9.17) is 9.97 Å². The summed E-state index contributed by atoms with van der Waals surface area (Å²) in [4.78, 5) is 18.7. The van der Waals surface area contributed by atoms with Gasteiger partial charge in [0.1, 0.15) is 11.6 Å². The van der Waals surface area contributed by atoms with Crippen LogP contribution in [0.15, 0.2) is 83.9 Å². The van der Waals surface area contributed by atoms with E-state index in [0.717, 1.165) is 72.1 Å². The third-order valence-electron chi connectivity index (χ3n) is 7.79. The summed E-state index contributed by atoms with van der Waals surface area (Å²) in [6, 6.07) is 19.5. The van der Waals surface area contributed by atoms with Crippen molar-refractivity contribution in [1.29, 1.82) is 0 Å². The largest absolute Gasteiger partial charge is 0.370 e. The highest BCUT2D eigenvalue weighted by Gasteiger charge is 2.25. The first-order valence-electron chi connectivity index (χ1n) is 15.3. The maximum Gasteiger partial charge on any atom is 0.267 e. The molecule has 9 nitrogen and oxygen atoms in total. The van der Waals surface area contributed by atoms with Crippen LogP contribution in [-0.4, -0.2) is 61.5 Å². The summed E-state index contributed by atoms with van der Waals surface area (Å²) < 4.78 is 56.9. The molecule has 6 rings (SSSR count). The van der Waals surface area contributed by atoms with Gasteiger partial charge in [0.25, 0.3) is 10.0 Å². The molecule has 244 valence electrons. The zero-order chi connectivity index (χ0) is 33.1. The number of nitrogens with zero attached hydrogens (tertiary/aromatic N) is 5. The molecule has 2 N–H and O–H groups in total. The molecule has 13 heteroatoms. The molecule has 3 heterocycles. The number of aromatic nitrogens is 3. The number of benzene rings is 3. The van der Waals surface area contributed by atoms with Gasteiger partial charge in [0, 0.05) is 54.4 Å². The Morgan fingerprint density at radius 1 is 0.872 bits per heavy atom. The van der Waals surface area contributed by atoms with Crippen LogP contribution in [0.2, 0.25) is 0 Å². The monoisotopic (exact) mass is 675 g/mol. The van der Waals surface area contributed by atoms with Crippen molar-refractivity contribution in [2.45, 2.75) is 31.1 Å². The molecule has 1 aliphatic heterocycles. The first-order chi connectivity index (χ1) is 22.6. The van der Waals surface area contributed by atoms with Gasteiger partial charge in [-0.05, 0) is 68.5 Å². The van der Waals surface area contributed by atoms with Crippen LogP contribution >= 0.6 is 11.3 Å². The lowest BCUT2D eigenvalue weighted by molar-refractivity contribution is 0.360. The number of hydrogen-bond acceptors (Lipinski definition) is 9. The van der Waals surface area contributed by atoms with E-state index in [1.807, 2.05) is 32.0 Å². The molecule has 1 fully saturated rings. The average Bonchev–Trinajstić information content (AvgIpc) is 3.38. The zero-order valence-corrected chi connectivity index (χ0v) is 27.9. The molecule has 0 bridgehead atoms. The number of nitrogens with one attached hydrogen (secondary N) is 2. The van der Waals surface area contributed by atoms with Gasteiger partial charge in [0.2, 0.25) is 5.95 Å². The Morgan fingerprint density at radius 3 is 2.40 bits per heavy atom. The van der Waals surface area contributed by atoms with E-state index in [1.54, 1.807) is 24.4 Å². The molecule has 0 unspecified atom stereocenters. The molecule has 0 amide bonds. The van der Waals surface area contributed by atoms with Crippen molar-refractivity contribution in [3.63, 3.8) is 0 Å². The fourth-order valence-corrected chi connectivity index (χ4v) is 7.64. The smallest absolute Gasteiger partial charge is 0.267 e. The van der Waals surface area contributed by atoms with Crippen molar-refractivity contribution in [2.24, 2.45) is 0 Å². The molecule has 0 saturated carbocycles. The fraction of sp³-hybridized carbons (Fsp3) is 0.265. The van der Waals surface area contributed by atoms with E-state index < -0.39 is 26.6 Å². The minimum atomic E-state index is -4.55. The molecule has 0 atom stereocenters. The average molecular weight is 676 g/mol. The van der Waals surface area contributed by atoms with Gasteiger partial charge in [-0.15, -0.1) is 11.3 Å². The van der Waals surface area contributed by atoms with Gasteiger partial charge >= 0.3 is 0 Å². The molecule has 3 aromatic carbocycles. The van der Waals surface area contributed by atoms with Crippen LogP contribution in [0.5, 0.6) is 0 Å². The van der Waals surface area contributed by atoms with Gasteiger partial charge in [0.05, 0.1) is 21.3 Å². The molecule has 47 heavy (non-hydrogen) atoms. The number of halogens is 2. The van der Waals surface area contributed by atoms with Gasteiger partial charge < -0.3 is 15.1 Å². The molecule has 0 radical (unpaired) electrons. The molecular weight excluding hydrogens is 641 g/mol. The lowest BCUT2D eigenvalue weighted by atomic mass is 10.1. The van der Waals surface area contributed by atoms with Crippen LogP contribution in [-0.2, 0) is 10.0 Å². The number of thiazole rings is 1. The number of hydrogen-bond donors (Lipinski definition) is 2. The number of rotatable bonds is 9. The Morgan fingerprint density at radius 2 is 1.62 bits per heavy atom. The maximum absolute atomic E-state index is 14.3. The molecule has 0 aliphatic carbocycles. The quantitative estimate of drug-likeness (QED) is 0.167. The predicted molar refractivity (Wildman–Crippen MR) is 184 cm³/mol. The molecular formula is C34H35F2N7O2S2. The highest BCUT2D eigenvalue weighted by molar-refractivity contribution is 7.92. The summed E-state index contributed by atoms with van der Waals surface area (Å²) in [6.45, 7) is 8.14. The van der Waals surface area contributed by atoms with Gasteiger partial charge in [-0.1, -0.05) is 38.1 Å². The first-order valence-corrected chi connectivity index (χ1v) is 17.6. The Labute approximate surface area is 277 Å². The Balaban J connectivity index is 1.29. The lowest BCUT2D eigenvalue weighted by Gasteiger charge is -2.23. The van der Waals surface area contributed by atoms with Crippen molar-refractivity contribution < 1.29 is 17.2 Å². The number of anilines is 4. The molecule has 2 aromatic heterocycles. The maximum atomic E-state index is 14.3. The highest BCUT2D eigenvalue weighted by atomic mass is 32.2. The highest BCUT2D eigenvalue weighted by Crippen LogP contribution is 2.39. The summed E-state index contributed by atoms with van der Waals surface area (Å²) in [5.74, 6) is -1.80. The van der Waals surface area contributed by atoms with E-state index in [9.17, 15) is 17.2 Å². The zero-order valence-electron chi connectivity index (χ0n) is 26.2. The van der Waals surface area contributed by atoms with Crippen molar-refractivity contribution in [3.8, 4) is 21.8 Å². The third kappa shape index (κ3) is 7.42. The van der Waals surface area contributed by atoms with Gasteiger partial charge in [-0.25, -0.2) is 32.2 Å². The number of sulfonamides is 1. The van der Waals surface area contributed by atoms with Crippen LogP contribution in [0, 0.1) is 11.6 Å². The van der Waals surface area contributed by atoms with Gasteiger partial charge in [-0.2, -0.15) is 0 Å². The van der Waals surface area contributed by atoms with E-state index in [1.165, 1.54) is 17.4 Å². The summed E-state index contributed by atoms with van der Waals surface area (Å²) in [6.07, 6.45) is 2.79. The topological polar surface area (TPSA) is 103 Å². The van der Waals surface area contributed by atoms with Crippen molar-refractivity contribution >= 4 is 44.4 Å². The summed E-state index contributed by atoms with van der Waals surface area (Å²) in [5, 5.41) is 4.23. The first kappa shape index (κ1) is 32.5. The van der Waals surface area contributed by atoms with Crippen LogP contribution in [0.25, 0.3) is 21.8 Å². The van der Waals surface area contributed by atoms with Crippen LogP contribution in [0.4, 0.5) is 31.8 Å². The summed E-state index contributed by atoms with van der Waals surface area (Å²) >= 11 is 1.50. The van der Waals surface area contributed by atoms with E-state index in [2.05, 4.69) is 44.0 Å². The molecule has 1 aliphatic rings. The second kappa shape index (κ2) is 13.7. The fourth-order valence-electron chi connectivity index (χ4n) is 5.39. The van der Waals surface area contributed by atoms with Crippen LogP contribution < -0.4 is 14.9 Å². The molecule has 5 aromatic rings. The minimum absolute atomic E-state index is 0.124. The Hall–Kier alpha value is -4.46. The molecule has 1 saturated heterocycles. The minimum Gasteiger partial charge on any atom is -0.370 e. The van der Waals surface area contributed by atoms with E-state index in [-0.39, 0.29) is 11.6 Å². The van der Waals surface area contributed by atoms with Crippen LogP contribution in [0.3, 0.4) is 0 Å². The van der Waals surface area contributed by atoms with E-state index >= 15 is 0 Å². The van der Waals surface area contributed by atoms with Crippen molar-refractivity contribution in [2.75, 3.05) is 48.2 Å². The van der Waals surface area contributed by atoms with Crippen molar-refractivity contribution in [3.05, 3.63) is 95.6 Å². The Bertz CT molecular complexity index is 1980.